The zero-order valence-corrected chi connectivity index (χ0v) is 11.7. The molecule has 1 amide bonds. The number of rotatable bonds is 6. The van der Waals surface area contributed by atoms with Crippen molar-refractivity contribution >= 4 is 12.0 Å². The van der Waals surface area contributed by atoms with E-state index in [2.05, 4.69) is 5.32 Å². The summed E-state index contributed by atoms with van der Waals surface area (Å²) >= 11 is 0. The average molecular weight is 288 g/mol. The first-order valence-corrected chi connectivity index (χ1v) is 6.53. The van der Waals surface area contributed by atoms with Gasteiger partial charge >= 0.3 is 0 Å². The van der Waals surface area contributed by atoms with Gasteiger partial charge in [0.2, 0.25) is 6.79 Å². The molecule has 0 aromatic heterocycles. The highest BCUT2D eigenvalue weighted by molar-refractivity contribution is 6.01. The van der Waals surface area contributed by atoms with Gasteiger partial charge in [0, 0.05) is 20.3 Å². The number of nitrogens with one attached hydrogen (secondary N) is 1. The predicted octanol–water partition coefficient (Wildman–Crippen LogP) is 1.47. The first-order chi connectivity index (χ1) is 10.2. The Bertz CT molecular complexity index is 590. The minimum Gasteiger partial charge on any atom is -0.454 e. The molecule has 110 valence electrons. The summed E-state index contributed by atoms with van der Waals surface area (Å²) in [5, 5.41) is 11.8. The van der Waals surface area contributed by atoms with Gasteiger partial charge in [-0.15, -0.1) is 0 Å². The smallest absolute Gasteiger partial charge is 0.261 e. The van der Waals surface area contributed by atoms with Crippen LogP contribution in [0.25, 0.3) is 6.08 Å². The molecule has 6 heteroatoms. The molecule has 1 heterocycles. The van der Waals surface area contributed by atoms with Gasteiger partial charge in [-0.3, -0.25) is 4.79 Å². The van der Waals surface area contributed by atoms with E-state index in [-0.39, 0.29) is 12.4 Å². The van der Waals surface area contributed by atoms with Crippen LogP contribution in [0, 0.1) is 11.3 Å². The monoisotopic (exact) mass is 288 g/mol. The highest BCUT2D eigenvalue weighted by Gasteiger charge is 2.14. The number of nitriles is 1. The van der Waals surface area contributed by atoms with Crippen LogP contribution in [0.4, 0.5) is 0 Å². The van der Waals surface area contributed by atoms with Gasteiger partial charge in [-0.05, 0) is 30.2 Å². The van der Waals surface area contributed by atoms with Crippen LogP contribution in [0.5, 0.6) is 11.5 Å². The van der Waals surface area contributed by atoms with Crippen molar-refractivity contribution in [3.05, 3.63) is 29.3 Å². The van der Waals surface area contributed by atoms with E-state index >= 15 is 0 Å². The molecule has 0 spiro atoms. The lowest BCUT2D eigenvalue weighted by atomic mass is 10.1. The summed E-state index contributed by atoms with van der Waals surface area (Å²) in [6.07, 6.45) is 2.22. The third-order valence-corrected chi connectivity index (χ3v) is 2.88. The number of carbonyl (C=O) groups excluding carboxylic acids is 1. The molecule has 1 aliphatic rings. The van der Waals surface area contributed by atoms with Crippen LogP contribution in [0.15, 0.2) is 23.8 Å². The summed E-state index contributed by atoms with van der Waals surface area (Å²) in [6, 6.07) is 7.16. The Morgan fingerprint density at radius 1 is 1.48 bits per heavy atom. The van der Waals surface area contributed by atoms with Crippen LogP contribution in [0.3, 0.4) is 0 Å². The van der Waals surface area contributed by atoms with Crippen molar-refractivity contribution in [1.82, 2.24) is 5.32 Å². The third-order valence-electron chi connectivity index (χ3n) is 2.88. The number of benzene rings is 1. The fourth-order valence-electron chi connectivity index (χ4n) is 1.83. The molecule has 1 aliphatic heterocycles. The van der Waals surface area contributed by atoms with Crippen molar-refractivity contribution in [2.45, 2.75) is 6.42 Å². The van der Waals surface area contributed by atoms with Gasteiger partial charge in [0.25, 0.3) is 5.91 Å². The summed E-state index contributed by atoms with van der Waals surface area (Å²) in [6.45, 7) is 1.22. The standard InChI is InChI=1S/C15H16N2O4/c1-19-6-2-5-17-15(18)12(9-16)7-11-3-4-13-14(8-11)21-10-20-13/h3-4,7-8H,2,5-6,10H2,1H3,(H,17,18)/b12-7-. The summed E-state index contributed by atoms with van der Waals surface area (Å²) in [5.74, 6) is 0.877. The van der Waals surface area contributed by atoms with E-state index in [0.717, 1.165) is 0 Å². The lowest BCUT2D eigenvalue weighted by molar-refractivity contribution is -0.117. The van der Waals surface area contributed by atoms with Gasteiger partial charge in [-0.2, -0.15) is 5.26 Å². The maximum atomic E-state index is 11.9. The van der Waals surface area contributed by atoms with E-state index in [9.17, 15) is 4.79 Å². The summed E-state index contributed by atoms with van der Waals surface area (Å²) in [7, 11) is 1.60. The van der Waals surface area contributed by atoms with Crippen LogP contribution < -0.4 is 14.8 Å². The number of hydrogen-bond acceptors (Lipinski definition) is 5. The van der Waals surface area contributed by atoms with Crippen molar-refractivity contribution in [3.63, 3.8) is 0 Å². The third kappa shape index (κ3) is 3.97. The van der Waals surface area contributed by atoms with Crippen LogP contribution in [0.1, 0.15) is 12.0 Å². The number of hydrogen-bond donors (Lipinski definition) is 1. The Hall–Kier alpha value is -2.52. The van der Waals surface area contributed by atoms with Crippen LogP contribution >= 0.6 is 0 Å². The number of ether oxygens (including phenoxy) is 3. The van der Waals surface area contributed by atoms with Gasteiger partial charge in [-0.1, -0.05) is 6.07 Å². The lowest BCUT2D eigenvalue weighted by Crippen LogP contribution is -2.26. The Kier molecular flexibility index (Phi) is 5.18. The maximum Gasteiger partial charge on any atom is 0.261 e. The molecule has 0 unspecified atom stereocenters. The summed E-state index contributed by atoms with van der Waals surface area (Å²) < 4.78 is 15.4. The van der Waals surface area contributed by atoms with E-state index in [0.29, 0.717) is 36.6 Å². The van der Waals surface area contributed by atoms with Crippen LogP contribution in [-0.4, -0.2) is 33.0 Å². The SMILES string of the molecule is COCCCNC(=O)/C(C#N)=C\c1ccc2c(c1)OCO2. The lowest BCUT2D eigenvalue weighted by Gasteiger charge is -2.04. The number of fused-ring (bicyclic) bond motifs is 1. The number of carbonyl (C=O) groups is 1. The molecule has 21 heavy (non-hydrogen) atoms. The average Bonchev–Trinajstić information content (AvgIpc) is 2.96. The van der Waals surface area contributed by atoms with Gasteiger partial charge < -0.3 is 19.5 Å². The fraction of sp³-hybridized carbons (Fsp3) is 0.333. The molecule has 1 aromatic rings. The first-order valence-electron chi connectivity index (χ1n) is 6.53. The molecule has 0 atom stereocenters. The molecule has 1 N–H and O–H groups in total. The fourth-order valence-corrected chi connectivity index (χ4v) is 1.83. The van der Waals surface area contributed by atoms with Crippen molar-refractivity contribution in [3.8, 4) is 17.6 Å². The van der Waals surface area contributed by atoms with Crippen molar-refractivity contribution in [1.29, 1.82) is 5.26 Å². The molecule has 6 nitrogen and oxygen atoms in total. The Balaban J connectivity index is 2.03. The summed E-state index contributed by atoms with van der Waals surface area (Å²) in [4.78, 5) is 11.9. The van der Waals surface area contributed by atoms with Gasteiger partial charge in [0.15, 0.2) is 11.5 Å². The molecule has 0 saturated carbocycles. The second-order valence-electron chi connectivity index (χ2n) is 4.38. The van der Waals surface area contributed by atoms with Crippen molar-refractivity contribution < 1.29 is 19.0 Å². The number of methoxy groups -OCH3 is 1. The van der Waals surface area contributed by atoms with E-state index in [1.54, 1.807) is 25.3 Å². The van der Waals surface area contributed by atoms with Gasteiger partial charge in [0.05, 0.1) is 0 Å². The minimum absolute atomic E-state index is 0.0475. The molecule has 2 rings (SSSR count). The van der Waals surface area contributed by atoms with Crippen molar-refractivity contribution in [2.24, 2.45) is 0 Å². The molecular formula is C15H16N2O4. The second kappa shape index (κ2) is 7.31. The predicted molar refractivity (Wildman–Crippen MR) is 75.7 cm³/mol. The topological polar surface area (TPSA) is 80.6 Å². The van der Waals surface area contributed by atoms with Crippen molar-refractivity contribution in [2.75, 3.05) is 27.1 Å². The van der Waals surface area contributed by atoms with Crippen LogP contribution in [-0.2, 0) is 9.53 Å². The maximum absolute atomic E-state index is 11.9. The molecule has 0 aliphatic carbocycles. The van der Waals surface area contributed by atoms with E-state index in [1.807, 2.05) is 6.07 Å². The second-order valence-corrected chi connectivity index (χ2v) is 4.38. The molecule has 0 radical (unpaired) electrons. The quantitative estimate of drug-likeness (QED) is 0.487. The molecule has 0 fully saturated rings. The zero-order chi connectivity index (χ0) is 15.1. The number of nitrogens with zero attached hydrogens (tertiary/aromatic N) is 1. The Labute approximate surface area is 122 Å². The first kappa shape index (κ1) is 14.9. The number of amides is 1. The van der Waals surface area contributed by atoms with Crippen LogP contribution in [0.2, 0.25) is 0 Å². The zero-order valence-electron chi connectivity index (χ0n) is 11.7. The molecule has 0 saturated heterocycles. The van der Waals surface area contributed by atoms with E-state index in [4.69, 9.17) is 19.5 Å². The highest BCUT2D eigenvalue weighted by atomic mass is 16.7. The molecule has 1 aromatic carbocycles. The Morgan fingerprint density at radius 2 is 2.29 bits per heavy atom. The minimum atomic E-state index is -0.397. The highest BCUT2D eigenvalue weighted by Crippen LogP contribution is 2.33. The van der Waals surface area contributed by atoms with Gasteiger partial charge in [0.1, 0.15) is 11.6 Å². The molecular weight excluding hydrogens is 272 g/mol. The molecule has 0 bridgehead atoms. The normalized spacial score (nSPS) is 12.9. The summed E-state index contributed by atoms with van der Waals surface area (Å²) in [5.41, 5.74) is 0.758. The largest absolute Gasteiger partial charge is 0.454 e. The van der Waals surface area contributed by atoms with Gasteiger partial charge in [-0.25, -0.2) is 0 Å². The van der Waals surface area contributed by atoms with E-state index in [1.165, 1.54) is 6.08 Å². The Morgan fingerprint density at radius 3 is 3.05 bits per heavy atom. The van der Waals surface area contributed by atoms with E-state index < -0.39 is 5.91 Å².